The molecule has 1 N–H and O–H groups in total. The van der Waals surface area contributed by atoms with Crippen LogP contribution in [0, 0.1) is 6.92 Å². The number of fused-ring (bicyclic) bond motifs is 1. The van der Waals surface area contributed by atoms with Gasteiger partial charge in [-0.3, -0.25) is 9.69 Å². The second-order valence-corrected chi connectivity index (χ2v) is 7.58. The maximum Gasteiger partial charge on any atom is 0.271 e. The van der Waals surface area contributed by atoms with Gasteiger partial charge in [0, 0.05) is 32.0 Å². The average molecular weight is 425 g/mol. The summed E-state index contributed by atoms with van der Waals surface area (Å²) < 4.78 is 18.2. The second-order valence-electron chi connectivity index (χ2n) is 7.58. The summed E-state index contributed by atoms with van der Waals surface area (Å²) in [6, 6.07) is 9.80. The van der Waals surface area contributed by atoms with E-state index in [2.05, 4.69) is 15.2 Å². The number of aryl methyl sites for hydroxylation is 1. The predicted molar refractivity (Wildman–Crippen MR) is 117 cm³/mol. The molecular formula is C23H28N4O4. The molecule has 8 nitrogen and oxygen atoms in total. The number of aromatic nitrogens is 2. The van der Waals surface area contributed by atoms with E-state index in [0.717, 1.165) is 29.9 Å². The van der Waals surface area contributed by atoms with Crippen molar-refractivity contribution in [2.75, 3.05) is 47.1 Å². The molecule has 1 fully saturated rings. The van der Waals surface area contributed by atoms with E-state index in [1.165, 1.54) is 0 Å². The number of hydrogen-bond donors (Lipinski definition) is 1. The summed E-state index contributed by atoms with van der Waals surface area (Å²) in [5, 5.41) is 3.07. The molecule has 0 saturated carbocycles. The molecule has 0 bridgehead atoms. The molecule has 1 unspecified atom stereocenters. The van der Waals surface area contributed by atoms with Gasteiger partial charge in [-0.2, -0.15) is 0 Å². The molecule has 1 aliphatic rings. The molecule has 1 aromatic carbocycles. The van der Waals surface area contributed by atoms with Crippen LogP contribution in [0.5, 0.6) is 11.5 Å². The third kappa shape index (κ3) is 4.65. The molecule has 1 atom stereocenters. The molecule has 8 heteroatoms. The van der Waals surface area contributed by atoms with E-state index in [9.17, 15) is 4.79 Å². The number of ether oxygens (including phenoxy) is 3. The fourth-order valence-corrected chi connectivity index (χ4v) is 3.88. The Kier molecular flexibility index (Phi) is 6.39. The summed E-state index contributed by atoms with van der Waals surface area (Å²) in [7, 11) is 3.24. The highest BCUT2D eigenvalue weighted by molar-refractivity contribution is 5.92. The number of benzene rings is 1. The number of nitrogens with zero attached hydrogens (tertiary/aromatic N) is 3. The number of amides is 1. The number of morpholine rings is 1. The molecule has 0 aliphatic carbocycles. The van der Waals surface area contributed by atoms with Crippen molar-refractivity contribution in [1.29, 1.82) is 0 Å². The molecule has 2 aromatic heterocycles. The summed E-state index contributed by atoms with van der Waals surface area (Å²) in [4.78, 5) is 19.7. The van der Waals surface area contributed by atoms with Crippen molar-refractivity contribution in [2.45, 2.75) is 13.0 Å². The van der Waals surface area contributed by atoms with Crippen LogP contribution in [-0.2, 0) is 4.74 Å². The molecule has 1 saturated heterocycles. The Morgan fingerprint density at radius 2 is 1.94 bits per heavy atom. The molecule has 31 heavy (non-hydrogen) atoms. The lowest BCUT2D eigenvalue weighted by atomic mass is 10.0. The maximum atomic E-state index is 12.9. The van der Waals surface area contributed by atoms with Crippen molar-refractivity contribution in [3.8, 4) is 11.5 Å². The number of nitrogens with one attached hydrogen (secondary N) is 1. The summed E-state index contributed by atoms with van der Waals surface area (Å²) in [5.41, 5.74) is 3.31. The molecular weight excluding hydrogens is 396 g/mol. The van der Waals surface area contributed by atoms with E-state index >= 15 is 0 Å². The lowest BCUT2D eigenvalue weighted by molar-refractivity contribution is 0.0161. The predicted octanol–water partition coefficient (Wildman–Crippen LogP) is 2.46. The van der Waals surface area contributed by atoms with Gasteiger partial charge in [0.15, 0.2) is 11.5 Å². The zero-order valence-electron chi connectivity index (χ0n) is 18.1. The van der Waals surface area contributed by atoms with Crippen LogP contribution in [-0.4, -0.2) is 67.3 Å². The quantitative estimate of drug-likeness (QED) is 0.628. The van der Waals surface area contributed by atoms with Crippen LogP contribution in [0.4, 0.5) is 0 Å². The zero-order chi connectivity index (χ0) is 21.8. The first-order chi connectivity index (χ1) is 15.1. The smallest absolute Gasteiger partial charge is 0.271 e. The Labute approximate surface area is 181 Å². The molecule has 0 radical (unpaired) electrons. The Morgan fingerprint density at radius 3 is 2.68 bits per heavy atom. The van der Waals surface area contributed by atoms with Gasteiger partial charge < -0.3 is 23.9 Å². The van der Waals surface area contributed by atoms with Crippen LogP contribution in [0.3, 0.4) is 0 Å². The highest BCUT2D eigenvalue weighted by Crippen LogP contribution is 2.32. The van der Waals surface area contributed by atoms with Crippen LogP contribution in [0.15, 0.2) is 42.7 Å². The minimum absolute atomic E-state index is 0.0214. The fraction of sp³-hybridized carbons (Fsp3) is 0.391. The number of carbonyl (C=O) groups excluding carboxylic acids is 1. The van der Waals surface area contributed by atoms with E-state index in [0.29, 0.717) is 37.0 Å². The van der Waals surface area contributed by atoms with Crippen molar-refractivity contribution >= 4 is 11.6 Å². The van der Waals surface area contributed by atoms with Gasteiger partial charge in [-0.15, -0.1) is 0 Å². The standard InChI is InChI=1S/C23H28N4O4/c1-16-6-7-27-15-18(25-22(27)12-16)23(28)24-14-19(26-8-10-31-11-9-26)17-4-5-20(29-2)21(13-17)30-3/h4-7,12-13,15,19H,8-11,14H2,1-3H3,(H,24,28). The number of hydrogen-bond acceptors (Lipinski definition) is 6. The van der Waals surface area contributed by atoms with Gasteiger partial charge in [-0.05, 0) is 42.3 Å². The second kappa shape index (κ2) is 9.36. The highest BCUT2D eigenvalue weighted by atomic mass is 16.5. The normalized spacial score (nSPS) is 15.6. The van der Waals surface area contributed by atoms with Crippen molar-refractivity contribution in [2.24, 2.45) is 0 Å². The number of rotatable bonds is 7. The SMILES string of the molecule is COc1ccc(C(CNC(=O)c2cn3ccc(C)cc3n2)N2CCOCC2)cc1OC. The number of imidazole rings is 1. The Balaban J connectivity index is 1.55. The van der Waals surface area contributed by atoms with Gasteiger partial charge >= 0.3 is 0 Å². The third-order valence-electron chi connectivity index (χ3n) is 5.58. The first kappa shape index (κ1) is 21.1. The molecule has 1 aliphatic heterocycles. The summed E-state index contributed by atoms with van der Waals surface area (Å²) in [6.07, 6.45) is 3.67. The first-order valence-corrected chi connectivity index (χ1v) is 10.4. The molecule has 0 spiro atoms. The molecule has 4 rings (SSSR count). The summed E-state index contributed by atoms with van der Waals surface area (Å²) in [5.74, 6) is 1.15. The number of carbonyl (C=O) groups is 1. The van der Waals surface area contributed by atoms with E-state index in [4.69, 9.17) is 14.2 Å². The van der Waals surface area contributed by atoms with Crippen LogP contribution in [0.1, 0.15) is 27.7 Å². The van der Waals surface area contributed by atoms with Crippen LogP contribution in [0.2, 0.25) is 0 Å². The van der Waals surface area contributed by atoms with E-state index < -0.39 is 0 Å². The third-order valence-corrected chi connectivity index (χ3v) is 5.58. The van der Waals surface area contributed by atoms with Crippen LogP contribution in [0.25, 0.3) is 5.65 Å². The van der Waals surface area contributed by atoms with Crippen molar-refractivity contribution < 1.29 is 19.0 Å². The first-order valence-electron chi connectivity index (χ1n) is 10.4. The zero-order valence-corrected chi connectivity index (χ0v) is 18.1. The Hall–Kier alpha value is -3.10. The average Bonchev–Trinajstić information content (AvgIpc) is 3.23. The minimum Gasteiger partial charge on any atom is -0.493 e. The molecule has 164 valence electrons. The van der Waals surface area contributed by atoms with Crippen LogP contribution < -0.4 is 14.8 Å². The molecule has 3 aromatic rings. The minimum atomic E-state index is -0.194. The van der Waals surface area contributed by atoms with Crippen molar-refractivity contribution in [3.05, 3.63) is 59.5 Å². The monoisotopic (exact) mass is 424 g/mol. The van der Waals surface area contributed by atoms with Gasteiger partial charge in [0.25, 0.3) is 5.91 Å². The van der Waals surface area contributed by atoms with Crippen molar-refractivity contribution in [1.82, 2.24) is 19.6 Å². The molecule has 3 heterocycles. The topological polar surface area (TPSA) is 77.3 Å². The van der Waals surface area contributed by atoms with Gasteiger partial charge in [-0.1, -0.05) is 6.07 Å². The van der Waals surface area contributed by atoms with Crippen LogP contribution >= 0.6 is 0 Å². The number of methoxy groups -OCH3 is 2. The largest absolute Gasteiger partial charge is 0.493 e. The summed E-state index contributed by atoms with van der Waals surface area (Å²) in [6.45, 7) is 5.38. The fourth-order valence-electron chi connectivity index (χ4n) is 3.88. The lowest BCUT2D eigenvalue weighted by Crippen LogP contribution is -2.43. The number of pyridine rings is 1. The maximum absolute atomic E-state index is 12.9. The summed E-state index contributed by atoms with van der Waals surface area (Å²) >= 11 is 0. The Bertz CT molecular complexity index is 1060. The Morgan fingerprint density at radius 1 is 1.16 bits per heavy atom. The van der Waals surface area contributed by atoms with Gasteiger partial charge in [0.05, 0.1) is 33.5 Å². The highest BCUT2D eigenvalue weighted by Gasteiger charge is 2.25. The van der Waals surface area contributed by atoms with Gasteiger partial charge in [0.1, 0.15) is 11.3 Å². The van der Waals surface area contributed by atoms with E-state index in [-0.39, 0.29) is 11.9 Å². The van der Waals surface area contributed by atoms with Gasteiger partial charge in [-0.25, -0.2) is 4.98 Å². The van der Waals surface area contributed by atoms with Crippen molar-refractivity contribution in [3.63, 3.8) is 0 Å². The molecule has 1 amide bonds. The van der Waals surface area contributed by atoms with Gasteiger partial charge in [0.2, 0.25) is 0 Å². The van der Waals surface area contributed by atoms with E-state index in [1.807, 2.05) is 47.9 Å². The van der Waals surface area contributed by atoms with E-state index in [1.54, 1.807) is 20.4 Å². The lowest BCUT2D eigenvalue weighted by Gasteiger charge is -2.35.